The van der Waals surface area contributed by atoms with Gasteiger partial charge in [0.15, 0.2) is 23.1 Å². The molecule has 0 saturated heterocycles. The number of benzene rings is 4. The fourth-order valence-electron chi connectivity index (χ4n) is 6.38. The zero-order chi connectivity index (χ0) is 37.1. The molecule has 0 atom stereocenters. The zero-order valence-electron chi connectivity index (χ0n) is 27.4. The molecule has 4 N–H and O–H groups in total. The molecule has 0 aliphatic heterocycles. The molecule has 0 radical (unpaired) electrons. The van der Waals surface area contributed by atoms with Crippen LogP contribution < -0.4 is 10.6 Å². The highest BCUT2D eigenvalue weighted by Crippen LogP contribution is 2.33. The Balaban J connectivity index is 1.13. The predicted molar refractivity (Wildman–Crippen MR) is 185 cm³/mol. The van der Waals surface area contributed by atoms with E-state index in [0.29, 0.717) is 0 Å². The van der Waals surface area contributed by atoms with Gasteiger partial charge in [-0.25, -0.2) is 0 Å². The number of nitrogens with one attached hydrogen (secondary N) is 2. The lowest BCUT2D eigenvalue weighted by Gasteiger charge is -2.26. The molecule has 4 aromatic rings. The van der Waals surface area contributed by atoms with Gasteiger partial charge in [0.2, 0.25) is 11.8 Å². The van der Waals surface area contributed by atoms with E-state index in [9.17, 15) is 48.6 Å². The highest BCUT2D eigenvalue weighted by atomic mass is 16.4. The lowest BCUT2D eigenvalue weighted by atomic mass is 9.83. The van der Waals surface area contributed by atoms with E-state index in [1.54, 1.807) is 36.4 Å². The summed E-state index contributed by atoms with van der Waals surface area (Å²) >= 11 is 0. The molecule has 2 aliphatic carbocycles. The van der Waals surface area contributed by atoms with Gasteiger partial charge in [-0.2, -0.15) is 0 Å². The Morgan fingerprint density at radius 2 is 0.769 bits per heavy atom. The maximum absolute atomic E-state index is 13.3. The first kappa shape index (κ1) is 35.2. The molecule has 2 amide bonds. The second-order valence-electron chi connectivity index (χ2n) is 12.2. The largest absolute Gasteiger partial charge is 0.480 e. The van der Waals surface area contributed by atoms with Crippen LogP contribution in [0.3, 0.4) is 0 Å². The summed E-state index contributed by atoms with van der Waals surface area (Å²) in [6.45, 7) is -2.55. The van der Waals surface area contributed by atoms with Crippen LogP contribution in [0.25, 0.3) is 0 Å². The number of hydrogen-bond donors (Lipinski definition) is 4. The quantitative estimate of drug-likeness (QED) is 0.137. The maximum Gasteiger partial charge on any atom is 0.317 e. The number of carboxylic acids is 2. The molecule has 0 saturated carbocycles. The van der Waals surface area contributed by atoms with Crippen LogP contribution in [0, 0.1) is 0 Å². The molecule has 14 heteroatoms. The Morgan fingerprint density at radius 3 is 1.12 bits per heavy atom. The second-order valence-corrected chi connectivity index (χ2v) is 12.2. The molecule has 4 aromatic carbocycles. The summed E-state index contributed by atoms with van der Waals surface area (Å²) in [6, 6.07) is 21.5. The second kappa shape index (κ2) is 14.7. The van der Waals surface area contributed by atoms with Crippen LogP contribution in [-0.2, 0) is 19.2 Å². The van der Waals surface area contributed by atoms with Gasteiger partial charge < -0.3 is 20.8 Å². The molecule has 0 bridgehead atoms. The van der Waals surface area contributed by atoms with Gasteiger partial charge in [-0.15, -0.1) is 0 Å². The lowest BCUT2D eigenvalue weighted by Crippen LogP contribution is -2.45. The Kier molecular flexibility index (Phi) is 9.94. The van der Waals surface area contributed by atoms with Crippen molar-refractivity contribution in [2.45, 2.75) is 0 Å². The maximum atomic E-state index is 13.3. The van der Waals surface area contributed by atoms with Crippen LogP contribution in [0.4, 0.5) is 11.4 Å². The van der Waals surface area contributed by atoms with Gasteiger partial charge >= 0.3 is 11.9 Å². The highest BCUT2D eigenvalue weighted by molar-refractivity contribution is 6.31. The van der Waals surface area contributed by atoms with E-state index in [-0.39, 0.29) is 80.5 Å². The molecule has 0 aromatic heterocycles. The summed E-state index contributed by atoms with van der Waals surface area (Å²) in [5, 5.41) is 24.3. The van der Waals surface area contributed by atoms with E-state index in [0.717, 1.165) is 0 Å². The van der Waals surface area contributed by atoms with Crippen LogP contribution in [0.2, 0.25) is 0 Å². The number of amides is 2. The van der Waals surface area contributed by atoms with Crippen molar-refractivity contribution in [2.75, 3.05) is 49.9 Å². The van der Waals surface area contributed by atoms with E-state index in [4.69, 9.17) is 0 Å². The first-order chi connectivity index (χ1) is 24.9. The first-order valence-corrected chi connectivity index (χ1v) is 16.0. The van der Waals surface area contributed by atoms with Crippen molar-refractivity contribution in [2.24, 2.45) is 0 Å². The number of rotatable bonds is 13. The van der Waals surface area contributed by atoms with Gasteiger partial charge in [0.1, 0.15) is 0 Å². The Morgan fingerprint density at radius 1 is 0.442 bits per heavy atom. The van der Waals surface area contributed by atoms with Gasteiger partial charge in [0.25, 0.3) is 0 Å². The summed E-state index contributed by atoms with van der Waals surface area (Å²) in [4.78, 5) is 105. The standard InChI is InChI=1S/C38H30N4O10/c43-29(39-27-13-5-11-25-33(27)37(51)23-9-3-1-7-21(23)35(25)49)17-41(19-31(45)46)15-16-42(20-32(47)48)18-30(44)40-28-14-6-12-26-34(28)38(52)24-10-4-2-8-22(24)36(26)50/h1-14H,15-20H2,(H,39,43)(H,40,44)(H,45,46)(H,47,48). The molecule has 0 fully saturated rings. The smallest absolute Gasteiger partial charge is 0.317 e. The minimum atomic E-state index is -1.28. The van der Waals surface area contributed by atoms with E-state index >= 15 is 0 Å². The molecular formula is C38H30N4O10. The van der Waals surface area contributed by atoms with Crippen molar-refractivity contribution >= 4 is 58.3 Å². The van der Waals surface area contributed by atoms with Crippen LogP contribution in [0.1, 0.15) is 63.7 Å². The van der Waals surface area contributed by atoms with Crippen molar-refractivity contribution < 1.29 is 48.6 Å². The number of carboxylic acid groups (broad SMARTS) is 2. The lowest BCUT2D eigenvalue weighted by molar-refractivity contribution is -0.140. The zero-order valence-corrected chi connectivity index (χ0v) is 27.4. The predicted octanol–water partition coefficient (Wildman–Crippen LogP) is 2.59. The third-order valence-electron chi connectivity index (χ3n) is 8.64. The van der Waals surface area contributed by atoms with Crippen molar-refractivity contribution in [3.8, 4) is 0 Å². The van der Waals surface area contributed by atoms with Crippen molar-refractivity contribution in [1.82, 2.24) is 9.80 Å². The van der Waals surface area contributed by atoms with Crippen LogP contribution in [-0.4, -0.2) is 106 Å². The average molecular weight is 703 g/mol. The van der Waals surface area contributed by atoms with Gasteiger partial charge in [-0.3, -0.25) is 48.2 Å². The number of ketones is 4. The molecule has 2 aliphatic rings. The number of hydrogen-bond acceptors (Lipinski definition) is 10. The Hall–Kier alpha value is -6.64. The fraction of sp³-hybridized carbons (Fsp3) is 0.158. The summed E-state index contributed by atoms with van der Waals surface area (Å²) in [6.07, 6.45) is 0. The SMILES string of the molecule is O=C(O)CN(CCN(CC(=O)O)CC(=O)Nc1cccc2c1C(=O)c1ccccc1C2=O)CC(=O)Nc1cccc2c1C(=O)c1ccccc1C2=O. The molecule has 6 rings (SSSR count). The molecule has 14 nitrogen and oxygen atoms in total. The number of nitrogens with zero attached hydrogens (tertiary/aromatic N) is 2. The molecule has 0 heterocycles. The van der Waals surface area contributed by atoms with Crippen molar-refractivity contribution in [3.05, 3.63) is 129 Å². The summed E-state index contributed by atoms with van der Waals surface area (Å²) < 4.78 is 0. The minimum absolute atomic E-state index is 0.0120. The number of aliphatic carboxylic acids is 2. The molecule has 0 spiro atoms. The number of carbonyl (C=O) groups excluding carboxylic acids is 6. The van der Waals surface area contributed by atoms with Gasteiger partial charge in [0, 0.05) is 46.5 Å². The number of fused-ring (bicyclic) bond motifs is 4. The summed E-state index contributed by atoms with van der Waals surface area (Å²) in [7, 11) is 0. The number of carbonyl (C=O) groups is 8. The Labute approximate surface area is 295 Å². The van der Waals surface area contributed by atoms with Crippen LogP contribution in [0.15, 0.2) is 84.9 Å². The van der Waals surface area contributed by atoms with Gasteiger partial charge in [-0.1, -0.05) is 72.8 Å². The van der Waals surface area contributed by atoms with E-state index in [1.807, 2.05) is 0 Å². The normalized spacial score (nSPS) is 12.9. The topological polar surface area (TPSA) is 208 Å². The highest BCUT2D eigenvalue weighted by Gasteiger charge is 2.33. The Bertz CT molecular complexity index is 2060. The van der Waals surface area contributed by atoms with E-state index < -0.39 is 61.5 Å². The van der Waals surface area contributed by atoms with Crippen LogP contribution in [0.5, 0.6) is 0 Å². The number of anilines is 2. The van der Waals surface area contributed by atoms with Gasteiger partial charge in [-0.05, 0) is 12.1 Å². The van der Waals surface area contributed by atoms with Gasteiger partial charge in [0.05, 0.1) is 48.7 Å². The third-order valence-corrected chi connectivity index (χ3v) is 8.64. The third kappa shape index (κ3) is 7.14. The van der Waals surface area contributed by atoms with E-state index in [1.165, 1.54) is 58.3 Å². The molecule has 52 heavy (non-hydrogen) atoms. The van der Waals surface area contributed by atoms with Crippen molar-refractivity contribution in [3.63, 3.8) is 0 Å². The monoisotopic (exact) mass is 702 g/mol. The molecule has 262 valence electrons. The first-order valence-electron chi connectivity index (χ1n) is 16.0. The minimum Gasteiger partial charge on any atom is -0.480 e. The van der Waals surface area contributed by atoms with E-state index in [2.05, 4.69) is 10.6 Å². The molecular weight excluding hydrogens is 672 g/mol. The van der Waals surface area contributed by atoms with Crippen LogP contribution >= 0.6 is 0 Å². The van der Waals surface area contributed by atoms with Crippen molar-refractivity contribution in [1.29, 1.82) is 0 Å². The molecule has 0 unspecified atom stereocenters. The summed E-state index contributed by atoms with van der Waals surface area (Å²) in [5.74, 6) is -5.63. The average Bonchev–Trinajstić information content (AvgIpc) is 3.11. The summed E-state index contributed by atoms with van der Waals surface area (Å²) in [5.41, 5.74) is 1.26. The fourth-order valence-corrected chi connectivity index (χ4v) is 6.38.